The average Bonchev–Trinajstić information content (AvgIpc) is 2.97. The zero-order valence-corrected chi connectivity index (χ0v) is 14.0. The Balaban J connectivity index is 1.39. The fraction of sp³-hybridized carbons (Fsp3) is 0.150. The molecule has 0 atom stereocenters. The maximum atomic E-state index is 12.2. The number of amides is 1. The van der Waals surface area contributed by atoms with Crippen LogP contribution in [0, 0.1) is 0 Å². The number of carbonyl (C=O) groups is 1. The van der Waals surface area contributed by atoms with Crippen LogP contribution in [-0.2, 0) is 11.3 Å². The van der Waals surface area contributed by atoms with Gasteiger partial charge in [-0.1, -0.05) is 30.3 Å². The van der Waals surface area contributed by atoms with E-state index in [9.17, 15) is 9.59 Å². The van der Waals surface area contributed by atoms with E-state index in [-0.39, 0.29) is 5.91 Å². The van der Waals surface area contributed by atoms with Gasteiger partial charge in [-0.2, -0.15) is 0 Å². The molecule has 6 heteroatoms. The van der Waals surface area contributed by atoms with Crippen LogP contribution in [0.1, 0.15) is 12.8 Å². The van der Waals surface area contributed by atoms with Gasteiger partial charge in [0.25, 0.3) is 0 Å². The third kappa shape index (κ3) is 3.21. The molecule has 1 amide bonds. The monoisotopic (exact) mass is 347 g/mol. The van der Waals surface area contributed by atoms with Gasteiger partial charge in [0, 0.05) is 18.4 Å². The van der Waals surface area contributed by atoms with Crippen molar-refractivity contribution in [2.45, 2.75) is 19.4 Å². The molecule has 6 nitrogen and oxygen atoms in total. The summed E-state index contributed by atoms with van der Waals surface area (Å²) in [7, 11) is 0. The summed E-state index contributed by atoms with van der Waals surface area (Å²) in [6.45, 7) is 0.430. The Morgan fingerprint density at radius 2 is 1.92 bits per heavy atom. The molecule has 4 rings (SSSR count). The number of pyridine rings is 1. The van der Waals surface area contributed by atoms with Crippen LogP contribution in [0.15, 0.2) is 70.0 Å². The van der Waals surface area contributed by atoms with Gasteiger partial charge in [0.15, 0.2) is 5.58 Å². The molecule has 2 heterocycles. The number of benzene rings is 2. The molecule has 0 radical (unpaired) electrons. The number of oxazole rings is 1. The van der Waals surface area contributed by atoms with E-state index in [1.807, 2.05) is 48.5 Å². The van der Waals surface area contributed by atoms with E-state index in [1.54, 1.807) is 16.8 Å². The normalized spacial score (nSPS) is 11.1. The minimum Gasteiger partial charge on any atom is -0.408 e. The number of aromatic nitrogens is 2. The molecule has 2 aromatic heterocycles. The van der Waals surface area contributed by atoms with E-state index in [0.29, 0.717) is 30.7 Å². The molecule has 0 saturated carbocycles. The second-order valence-electron chi connectivity index (χ2n) is 6.06. The first-order valence-electron chi connectivity index (χ1n) is 8.44. The Kier molecular flexibility index (Phi) is 4.23. The molecule has 4 aromatic rings. The van der Waals surface area contributed by atoms with E-state index >= 15 is 0 Å². The lowest BCUT2D eigenvalue weighted by atomic mass is 10.2. The highest BCUT2D eigenvalue weighted by Gasteiger charge is 2.09. The molecule has 0 aliphatic heterocycles. The molecule has 0 fully saturated rings. The Morgan fingerprint density at radius 3 is 2.85 bits per heavy atom. The van der Waals surface area contributed by atoms with Crippen LogP contribution >= 0.6 is 0 Å². The average molecular weight is 347 g/mol. The molecule has 26 heavy (non-hydrogen) atoms. The maximum Gasteiger partial charge on any atom is 0.419 e. The smallest absolute Gasteiger partial charge is 0.408 e. The number of fused-ring (bicyclic) bond motifs is 2. The Labute approximate surface area is 149 Å². The van der Waals surface area contributed by atoms with E-state index in [2.05, 4.69) is 10.3 Å². The number of hydrogen-bond donors (Lipinski definition) is 1. The van der Waals surface area contributed by atoms with Gasteiger partial charge in [0.2, 0.25) is 5.91 Å². The van der Waals surface area contributed by atoms with Crippen LogP contribution in [0.5, 0.6) is 0 Å². The van der Waals surface area contributed by atoms with Crippen molar-refractivity contribution in [3.63, 3.8) is 0 Å². The lowest BCUT2D eigenvalue weighted by molar-refractivity contribution is -0.116. The Morgan fingerprint density at radius 1 is 1.12 bits per heavy atom. The largest absolute Gasteiger partial charge is 0.419 e. The number of anilines is 1. The number of hydrogen-bond acceptors (Lipinski definition) is 4. The van der Waals surface area contributed by atoms with Gasteiger partial charge >= 0.3 is 5.76 Å². The molecular weight excluding hydrogens is 330 g/mol. The van der Waals surface area contributed by atoms with Crippen LogP contribution in [-0.4, -0.2) is 15.5 Å². The SMILES string of the molecule is O=C(CCCn1c(=O)oc2ccccc21)Nc1cnc2ccccc2c1. The molecular formula is C20H17N3O3. The van der Waals surface area contributed by atoms with Gasteiger partial charge in [-0.3, -0.25) is 14.3 Å². The molecule has 130 valence electrons. The predicted octanol–water partition coefficient (Wildman–Crippen LogP) is 3.56. The van der Waals surface area contributed by atoms with Crippen molar-refractivity contribution in [3.8, 4) is 0 Å². The third-order valence-electron chi connectivity index (χ3n) is 4.23. The summed E-state index contributed by atoms with van der Waals surface area (Å²) in [6.07, 6.45) is 2.49. The van der Waals surface area contributed by atoms with Gasteiger partial charge in [0.05, 0.1) is 22.9 Å². The van der Waals surface area contributed by atoms with E-state index in [4.69, 9.17) is 4.42 Å². The summed E-state index contributed by atoms with van der Waals surface area (Å²) in [5.74, 6) is -0.506. The number of nitrogens with zero attached hydrogens (tertiary/aromatic N) is 2. The molecule has 0 saturated heterocycles. The van der Waals surface area contributed by atoms with Crippen molar-refractivity contribution < 1.29 is 9.21 Å². The van der Waals surface area contributed by atoms with Crippen LogP contribution < -0.4 is 11.1 Å². The second-order valence-corrected chi connectivity index (χ2v) is 6.06. The molecule has 1 N–H and O–H groups in total. The summed E-state index contributed by atoms with van der Waals surface area (Å²) >= 11 is 0. The van der Waals surface area contributed by atoms with Crippen molar-refractivity contribution >= 4 is 33.6 Å². The van der Waals surface area contributed by atoms with Crippen molar-refractivity contribution in [2.24, 2.45) is 0 Å². The molecule has 0 aliphatic carbocycles. The van der Waals surface area contributed by atoms with Crippen LogP contribution in [0.4, 0.5) is 5.69 Å². The molecule has 0 spiro atoms. The number of carbonyl (C=O) groups excluding carboxylic acids is 1. The Hall–Kier alpha value is -3.41. The Bertz CT molecular complexity index is 1140. The summed E-state index contributed by atoms with van der Waals surface area (Å²) in [5, 5.41) is 3.83. The molecule has 0 bridgehead atoms. The lowest BCUT2D eigenvalue weighted by Gasteiger charge is -2.06. The topological polar surface area (TPSA) is 77.1 Å². The van der Waals surface area contributed by atoms with Gasteiger partial charge in [0.1, 0.15) is 0 Å². The van der Waals surface area contributed by atoms with Crippen LogP contribution in [0.25, 0.3) is 22.0 Å². The third-order valence-corrected chi connectivity index (χ3v) is 4.23. The van der Waals surface area contributed by atoms with Crippen molar-refractivity contribution in [1.82, 2.24) is 9.55 Å². The van der Waals surface area contributed by atoms with Crippen molar-refractivity contribution in [3.05, 3.63) is 71.3 Å². The number of aryl methyl sites for hydroxylation is 1. The van der Waals surface area contributed by atoms with Crippen LogP contribution in [0.3, 0.4) is 0 Å². The van der Waals surface area contributed by atoms with Gasteiger partial charge in [-0.25, -0.2) is 4.79 Å². The number of para-hydroxylation sites is 3. The molecule has 2 aromatic carbocycles. The summed E-state index contributed by atoms with van der Waals surface area (Å²) in [6, 6.07) is 16.9. The van der Waals surface area contributed by atoms with Crippen molar-refractivity contribution in [1.29, 1.82) is 0 Å². The highest BCUT2D eigenvalue weighted by molar-refractivity contribution is 5.93. The molecule has 0 aliphatic rings. The highest BCUT2D eigenvalue weighted by atomic mass is 16.4. The van der Waals surface area contributed by atoms with Gasteiger partial charge in [-0.05, 0) is 30.7 Å². The first kappa shape index (κ1) is 16.1. The fourth-order valence-corrected chi connectivity index (χ4v) is 2.99. The van der Waals surface area contributed by atoms with Gasteiger partial charge < -0.3 is 9.73 Å². The second kappa shape index (κ2) is 6.84. The van der Waals surface area contributed by atoms with E-state index < -0.39 is 5.76 Å². The quantitative estimate of drug-likeness (QED) is 0.599. The fourth-order valence-electron chi connectivity index (χ4n) is 2.99. The number of rotatable bonds is 5. The maximum absolute atomic E-state index is 12.2. The van der Waals surface area contributed by atoms with Crippen molar-refractivity contribution in [2.75, 3.05) is 5.32 Å². The van der Waals surface area contributed by atoms with Gasteiger partial charge in [-0.15, -0.1) is 0 Å². The minimum atomic E-state index is -0.398. The summed E-state index contributed by atoms with van der Waals surface area (Å²) < 4.78 is 6.75. The highest BCUT2D eigenvalue weighted by Crippen LogP contribution is 2.16. The first-order valence-corrected chi connectivity index (χ1v) is 8.44. The number of nitrogens with one attached hydrogen (secondary N) is 1. The summed E-state index contributed by atoms with van der Waals surface area (Å²) in [4.78, 5) is 28.4. The lowest BCUT2D eigenvalue weighted by Crippen LogP contribution is -2.17. The van der Waals surface area contributed by atoms with E-state index in [0.717, 1.165) is 16.4 Å². The summed E-state index contributed by atoms with van der Waals surface area (Å²) in [5.41, 5.74) is 2.86. The minimum absolute atomic E-state index is 0.108. The molecule has 0 unspecified atom stereocenters. The zero-order valence-electron chi connectivity index (χ0n) is 14.0. The van der Waals surface area contributed by atoms with Crippen LogP contribution in [0.2, 0.25) is 0 Å². The standard InChI is InChI=1S/C20H17N3O3/c24-19(22-15-12-14-6-1-2-7-16(14)21-13-15)10-5-11-23-17-8-3-4-9-18(17)26-20(23)25/h1-4,6-9,12-13H,5,10-11H2,(H,22,24). The predicted molar refractivity (Wildman–Crippen MR) is 100 cm³/mol. The van der Waals surface area contributed by atoms with E-state index in [1.165, 1.54) is 0 Å². The zero-order chi connectivity index (χ0) is 17.9. The first-order chi connectivity index (χ1) is 12.7.